The van der Waals surface area contributed by atoms with E-state index >= 15 is 0 Å². The average molecular weight is 232 g/mol. The van der Waals surface area contributed by atoms with Crippen molar-refractivity contribution in [2.24, 2.45) is 5.92 Å². The molecule has 0 aliphatic heterocycles. The van der Waals surface area contributed by atoms with Gasteiger partial charge in [-0.2, -0.15) is 0 Å². The van der Waals surface area contributed by atoms with E-state index in [2.05, 4.69) is 16.7 Å². The van der Waals surface area contributed by atoms with Gasteiger partial charge in [-0.15, -0.1) is 0 Å². The predicted molar refractivity (Wildman–Crippen MR) is 70.0 cm³/mol. The van der Waals surface area contributed by atoms with Crippen LogP contribution in [0.3, 0.4) is 0 Å². The zero-order valence-corrected chi connectivity index (χ0v) is 10.3. The first kappa shape index (κ1) is 12.0. The Labute approximate surface area is 103 Å². The second-order valence-electron chi connectivity index (χ2n) is 4.68. The molecule has 0 spiro atoms. The van der Waals surface area contributed by atoms with Crippen molar-refractivity contribution in [3.05, 3.63) is 29.8 Å². The van der Waals surface area contributed by atoms with Crippen molar-refractivity contribution < 1.29 is 4.79 Å². The van der Waals surface area contributed by atoms with Gasteiger partial charge in [0.1, 0.15) is 0 Å². The van der Waals surface area contributed by atoms with E-state index in [-0.39, 0.29) is 5.91 Å². The SMILES string of the molecule is CNC(=O)Cc1ccccc1NCC1CCC1. The monoisotopic (exact) mass is 232 g/mol. The Morgan fingerprint density at radius 2 is 2.12 bits per heavy atom. The molecule has 2 N–H and O–H groups in total. The van der Waals surface area contributed by atoms with Crippen LogP contribution in [0.5, 0.6) is 0 Å². The largest absolute Gasteiger partial charge is 0.385 e. The molecule has 3 heteroatoms. The molecule has 0 unspecified atom stereocenters. The van der Waals surface area contributed by atoms with Gasteiger partial charge in [0.25, 0.3) is 0 Å². The molecule has 1 saturated carbocycles. The number of anilines is 1. The van der Waals surface area contributed by atoms with E-state index < -0.39 is 0 Å². The Hall–Kier alpha value is -1.51. The first-order valence-electron chi connectivity index (χ1n) is 6.32. The Morgan fingerprint density at radius 3 is 2.76 bits per heavy atom. The van der Waals surface area contributed by atoms with Gasteiger partial charge in [-0.1, -0.05) is 24.6 Å². The van der Waals surface area contributed by atoms with Crippen LogP contribution in [0.2, 0.25) is 0 Å². The van der Waals surface area contributed by atoms with Gasteiger partial charge in [0.05, 0.1) is 6.42 Å². The van der Waals surface area contributed by atoms with Crippen molar-refractivity contribution in [3.8, 4) is 0 Å². The fourth-order valence-electron chi connectivity index (χ4n) is 2.06. The number of carbonyl (C=O) groups excluding carboxylic acids is 1. The van der Waals surface area contributed by atoms with Crippen LogP contribution >= 0.6 is 0 Å². The lowest BCUT2D eigenvalue weighted by atomic mass is 9.85. The Morgan fingerprint density at radius 1 is 1.35 bits per heavy atom. The van der Waals surface area contributed by atoms with Gasteiger partial charge in [0, 0.05) is 19.3 Å². The zero-order chi connectivity index (χ0) is 12.1. The number of para-hydroxylation sites is 1. The molecule has 0 radical (unpaired) electrons. The molecule has 92 valence electrons. The predicted octanol–water partition coefficient (Wildman–Crippen LogP) is 2.19. The summed E-state index contributed by atoms with van der Waals surface area (Å²) in [6, 6.07) is 8.05. The van der Waals surface area contributed by atoms with Crippen LogP contribution in [0.4, 0.5) is 5.69 Å². The molecule has 0 heterocycles. The second kappa shape index (κ2) is 5.71. The van der Waals surface area contributed by atoms with Crippen LogP contribution in [0.1, 0.15) is 24.8 Å². The summed E-state index contributed by atoms with van der Waals surface area (Å²) in [5, 5.41) is 6.13. The van der Waals surface area contributed by atoms with Crippen LogP contribution in [0.25, 0.3) is 0 Å². The molecule has 1 aromatic carbocycles. The van der Waals surface area contributed by atoms with Crippen molar-refractivity contribution in [2.75, 3.05) is 18.9 Å². The first-order valence-corrected chi connectivity index (χ1v) is 6.32. The molecule has 1 aliphatic rings. The van der Waals surface area contributed by atoms with Crippen LogP contribution in [-0.2, 0) is 11.2 Å². The molecule has 2 rings (SSSR count). The molecular weight excluding hydrogens is 212 g/mol. The van der Waals surface area contributed by atoms with Crippen LogP contribution in [0, 0.1) is 5.92 Å². The number of hydrogen-bond donors (Lipinski definition) is 2. The van der Waals surface area contributed by atoms with E-state index in [0.717, 1.165) is 23.7 Å². The number of carbonyl (C=O) groups is 1. The van der Waals surface area contributed by atoms with Gasteiger partial charge in [-0.3, -0.25) is 4.79 Å². The summed E-state index contributed by atoms with van der Waals surface area (Å²) in [5.41, 5.74) is 2.18. The maximum atomic E-state index is 11.4. The number of amides is 1. The van der Waals surface area contributed by atoms with Gasteiger partial charge < -0.3 is 10.6 Å². The van der Waals surface area contributed by atoms with Crippen molar-refractivity contribution >= 4 is 11.6 Å². The number of likely N-dealkylation sites (N-methyl/N-ethyl adjacent to an activating group) is 1. The summed E-state index contributed by atoms with van der Waals surface area (Å²) in [5.74, 6) is 0.881. The summed E-state index contributed by atoms with van der Waals surface area (Å²) in [4.78, 5) is 11.4. The van der Waals surface area contributed by atoms with Crippen LogP contribution < -0.4 is 10.6 Å². The molecule has 1 amide bonds. The van der Waals surface area contributed by atoms with Crippen molar-refractivity contribution in [1.82, 2.24) is 5.32 Å². The molecule has 1 aromatic rings. The molecule has 0 saturated heterocycles. The van der Waals surface area contributed by atoms with Crippen LogP contribution in [0.15, 0.2) is 24.3 Å². The number of hydrogen-bond acceptors (Lipinski definition) is 2. The topological polar surface area (TPSA) is 41.1 Å². The summed E-state index contributed by atoms with van der Waals surface area (Å²) in [6.45, 7) is 1.03. The van der Waals surface area contributed by atoms with E-state index in [1.54, 1.807) is 7.05 Å². The van der Waals surface area contributed by atoms with E-state index in [9.17, 15) is 4.79 Å². The van der Waals surface area contributed by atoms with Gasteiger partial charge in [0.2, 0.25) is 5.91 Å². The van der Waals surface area contributed by atoms with E-state index in [4.69, 9.17) is 0 Å². The molecular formula is C14H20N2O. The van der Waals surface area contributed by atoms with Crippen molar-refractivity contribution in [2.45, 2.75) is 25.7 Å². The summed E-state index contributed by atoms with van der Waals surface area (Å²) in [6.07, 6.45) is 4.49. The van der Waals surface area contributed by atoms with Gasteiger partial charge in [0.15, 0.2) is 0 Å². The number of benzene rings is 1. The second-order valence-corrected chi connectivity index (χ2v) is 4.68. The summed E-state index contributed by atoms with van der Waals surface area (Å²) >= 11 is 0. The Balaban J connectivity index is 1.96. The minimum Gasteiger partial charge on any atom is -0.385 e. The smallest absolute Gasteiger partial charge is 0.224 e. The molecule has 1 fully saturated rings. The summed E-state index contributed by atoms with van der Waals surface area (Å²) in [7, 11) is 1.67. The molecule has 0 aromatic heterocycles. The first-order chi connectivity index (χ1) is 8.29. The third kappa shape index (κ3) is 3.22. The van der Waals surface area contributed by atoms with Crippen molar-refractivity contribution in [1.29, 1.82) is 0 Å². The van der Waals surface area contributed by atoms with E-state index in [1.165, 1.54) is 19.3 Å². The lowest BCUT2D eigenvalue weighted by Gasteiger charge is -2.26. The Bertz CT molecular complexity index is 386. The number of rotatable bonds is 5. The van der Waals surface area contributed by atoms with Crippen LogP contribution in [-0.4, -0.2) is 19.5 Å². The fourth-order valence-corrected chi connectivity index (χ4v) is 2.06. The van der Waals surface area contributed by atoms with Gasteiger partial charge >= 0.3 is 0 Å². The highest BCUT2D eigenvalue weighted by Crippen LogP contribution is 2.27. The highest BCUT2D eigenvalue weighted by Gasteiger charge is 2.17. The van der Waals surface area contributed by atoms with E-state index in [0.29, 0.717) is 6.42 Å². The normalized spacial score (nSPS) is 15.1. The van der Waals surface area contributed by atoms with Gasteiger partial charge in [-0.05, 0) is 30.4 Å². The maximum absolute atomic E-state index is 11.4. The molecule has 3 nitrogen and oxygen atoms in total. The standard InChI is InChI=1S/C14H20N2O/c1-15-14(17)9-12-7-2-3-8-13(12)16-10-11-5-4-6-11/h2-3,7-8,11,16H,4-6,9-10H2,1H3,(H,15,17). The summed E-state index contributed by atoms with van der Waals surface area (Å²) < 4.78 is 0. The average Bonchev–Trinajstić information content (AvgIpc) is 2.29. The maximum Gasteiger partial charge on any atom is 0.224 e. The van der Waals surface area contributed by atoms with Gasteiger partial charge in [-0.25, -0.2) is 0 Å². The fraction of sp³-hybridized carbons (Fsp3) is 0.500. The lowest BCUT2D eigenvalue weighted by molar-refractivity contribution is -0.119. The Kier molecular flexibility index (Phi) is 4.02. The molecule has 17 heavy (non-hydrogen) atoms. The number of nitrogens with one attached hydrogen (secondary N) is 2. The quantitative estimate of drug-likeness (QED) is 0.817. The minimum absolute atomic E-state index is 0.0582. The van der Waals surface area contributed by atoms with Crippen molar-refractivity contribution in [3.63, 3.8) is 0 Å². The minimum atomic E-state index is 0.0582. The lowest BCUT2D eigenvalue weighted by Crippen LogP contribution is -2.23. The molecule has 0 bridgehead atoms. The third-order valence-electron chi connectivity index (χ3n) is 3.45. The highest BCUT2D eigenvalue weighted by atomic mass is 16.1. The third-order valence-corrected chi connectivity index (χ3v) is 3.45. The van der Waals surface area contributed by atoms with E-state index in [1.807, 2.05) is 18.2 Å². The highest BCUT2D eigenvalue weighted by molar-refractivity contribution is 5.80. The molecule has 0 atom stereocenters. The zero-order valence-electron chi connectivity index (χ0n) is 10.3. The molecule has 1 aliphatic carbocycles.